The first kappa shape index (κ1) is 18.2. The Kier molecular flexibility index (Phi) is 6.07. The Balaban J connectivity index is 1.69. The Morgan fingerprint density at radius 2 is 1.77 bits per heavy atom. The first-order valence-electron chi connectivity index (χ1n) is 8.47. The standard InChI is InChI=1S/C20H20F3N3/c21-18-5-2-1-4-17(18)14-26(10-3-9-25-11-8-24-15-25)13-16-6-7-19(22)20(23)12-16/h1-2,4-8,11-12,15H,3,9-10,13-14H2. The first-order chi connectivity index (χ1) is 12.6. The van der Waals surface area contributed by atoms with Crippen LogP contribution in [0.3, 0.4) is 0 Å². The minimum absolute atomic E-state index is 0.266. The molecule has 1 aromatic heterocycles. The van der Waals surface area contributed by atoms with Gasteiger partial charge in [0.25, 0.3) is 0 Å². The Morgan fingerprint density at radius 1 is 0.923 bits per heavy atom. The van der Waals surface area contributed by atoms with Crippen LogP contribution in [0, 0.1) is 17.5 Å². The van der Waals surface area contributed by atoms with Gasteiger partial charge >= 0.3 is 0 Å². The molecule has 3 rings (SSSR count). The summed E-state index contributed by atoms with van der Waals surface area (Å²) in [5, 5.41) is 0. The maximum absolute atomic E-state index is 14.0. The van der Waals surface area contributed by atoms with Gasteiger partial charge in [-0.1, -0.05) is 24.3 Å². The molecule has 1 heterocycles. The summed E-state index contributed by atoms with van der Waals surface area (Å²) in [4.78, 5) is 6.04. The van der Waals surface area contributed by atoms with Gasteiger partial charge in [0.15, 0.2) is 11.6 Å². The van der Waals surface area contributed by atoms with Gasteiger partial charge in [-0.15, -0.1) is 0 Å². The minimum Gasteiger partial charge on any atom is -0.337 e. The zero-order valence-electron chi connectivity index (χ0n) is 14.3. The van der Waals surface area contributed by atoms with Crippen molar-refractivity contribution in [2.75, 3.05) is 6.54 Å². The lowest BCUT2D eigenvalue weighted by Gasteiger charge is -2.23. The van der Waals surface area contributed by atoms with Crippen molar-refractivity contribution in [2.24, 2.45) is 0 Å². The zero-order chi connectivity index (χ0) is 18.4. The number of hydrogen-bond acceptors (Lipinski definition) is 2. The molecule has 0 unspecified atom stereocenters. The average Bonchev–Trinajstić information content (AvgIpc) is 3.13. The van der Waals surface area contributed by atoms with Crippen molar-refractivity contribution in [3.8, 4) is 0 Å². The monoisotopic (exact) mass is 359 g/mol. The van der Waals surface area contributed by atoms with Gasteiger partial charge in [-0.3, -0.25) is 4.90 Å². The van der Waals surface area contributed by atoms with Crippen molar-refractivity contribution in [3.05, 3.63) is 89.8 Å². The fourth-order valence-electron chi connectivity index (χ4n) is 2.87. The van der Waals surface area contributed by atoms with Gasteiger partial charge in [0.1, 0.15) is 5.82 Å². The van der Waals surface area contributed by atoms with E-state index in [2.05, 4.69) is 4.98 Å². The predicted octanol–water partition coefficient (Wildman–Crippen LogP) is 4.39. The highest BCUT2D eigenvalue weighted by molar-refractivity contribution is 5.19. The van der Waals surface area contributed by atoms with Crippen LogP contribution in [0.25, 0.3) is 0 Å². The van der Waals surface area contributed by atoms with Crippen LogP contribution in [0.15, 0.2) is 61.2 Å². The fraction of sp³-hybridized carbons (Fsp3) is 0.250. The molecule has 2 aromatic carbocycles. The van der Waals surface area contributed by atoms with Crippen LogP contribution in [0.2, 0.25) is 0 Å². The number of hydrogen-bond donors (Lipinski definition) is 0. The predicted molar refractivity (Wildman–Crippen MR) is 93.7 cm³/mol. The largest absolute Gasteiger partial charge is 0.337 e. The molecule has 0 aliphatic heterocycles. The Hall–Kier alpha value is -2.60. The van der Waals surface area contributed by atoms with Crippen molar-refractivity contribution in [1.82, 2.24) is 14.5 Å². The first-order valence-corrected chi connectivity index (χ1v) is 8.47. The number of imidazole rings is 1. The molecule has 0 N–H and O–H groups in total. The van der Waals surface area contributed by atoms with Crippen LogP contribution in [0.1, 0.15) is 17.5 Å². The van der Waals surface area contributed by atoms with Gasteiger partial charge in [0, 0.05) is 44.1 Å². The molecule has 0 saturated heterocycles. The van der Waals surface area contributed by atoms with E-state index in [0.29, 0.717) is 30.8 Å². The summed E-state index contributed by atoms with van der Waals surface area (Å²) in [6.45, 7) is 2.28. The van der Waals surface area contributed by atoms with E-state index in [1.165, 1.54) is 12.1 Å². The van der Waals surface area contributed by atoms with E-state index in [-0.39, 0.29) is 5.82 Å². The number of halogens is 3. The molecule has 136 valence electrons. The van der Waals surface area contributed by atoms with E-state index >= 15 is 0 Å². The molecule has 0 spiro atoms. The molecule has 0 saturated carbocycles. The molecule has 0 aliphatic carbocycles. The van der Waals surface area contributed by atoms with Gasteiger partial charge in [-0.2, -0.15) is 0 Å². The van der Waals surface area contributed by atoms with Gasteiger partial charge < -0.3 is 4.57 Å². The molecule has 0 atom stereocenters. The number of benzene rings is 2. The van der Waals surface area contributed by atoms with E-state index in [0.717, 1.165) is 19.0 Å². The molecule has 26 heavy (non-hydrogen) atoms. The van der Waals surface area contributed by atoms with E-state index in [1.807, 2.05) is 15.7 Å². The summed E-state index contributed by atoms with van der Waals surface area (Å²) in [7, 11) is 0. The van der Waals surface area contributed by atoms with Crippen molar-refractivity contribution in [3.63, 3.8) is 0 Å². The Labute approximate surface area is 150 Å². The van der Waals surface area contributed by atoms with Crippen LogP contribution in [0.4, 0.5) is 13.2 Å². The van der Waals surface area contributed by atoms with Crippen molar-refractivity contribution in [2.45, 2.75) is 26.1 Å². The summed E-state index contributed by atoms with van der Waals surface area (Å²) in [6, 6.07) is 10.5. The number of nitrogens with zero attached hydrogens (tertiary/aromatic N) is 3. The van der Waals surface area contributed by atoms with E-state index in [4.69, 9.17) is 0 Å². The average molecular weight is 359 g/mol. The quantitative estimate of drug-likeness (QED) is 0.595. The number of aryl methyl sites for hydroxylation is 1. The third-order valence-corrected chi connectivity index (χ3v) is 4.19. The fourth-order valence-corrected chi connectivity index (χ4v) is 2.87. The van der Waals surface area contributed by atoms with Crippen molar-refractivity contribution in [1.29, 1.82) is 0 Å². The van der Waals surface area contributed by atoms with Gasteiger partial charge in [0.05, 0.1) is 6.33 Å². The molecule has 3 nitrogen and oxygen atoms in total. The van der Waals surface area contributed by atoms with Gasteiger partial charge in [-0.05, 0) is 30.2 Å². The van der Waals surface area contributed by atoms with Crippen LogP contribution in [0.5, 0.6) is 0 Å². The molecular formula is C20H20F3N3. The smallest absolute Gasteiger partial charge is 0.159 e. The second kappa shape index (κ2) is 8.67. The van der Waals surface area contributed by atoms with Crippen molar-refractivity contribution >= 4 is 0 Å². The molecular weight excluding hydrogens is 339 g/mol. The van der Waals surface area contributed by atoms with Crippen LogP contribution in [-0.4, -0.2) is 21.0 Å². The van der Waals surface area contributed by atoms with E-state index in [9.17, 15) is 13.2 Å². The number of rotatable bonds is 8. The third-order valence-electron chi connectivity index (χ3n) is 4.19. The van der Waals surface area contributed by atoms with E-state index < -0.39 is 11.6 Å². The Bertz CT molecular complexity index is 834. The lowest BCUT2D eigenvalue weighted by molar-refractivity contribution is 0.244. The topological polar surface area (TPSA) is 21.1 Å². The summed E-state index contributed by atoms with van der Waals surface area (Å²) in [6.07, 6.45) is 6.18. The van der Waals surface area contributed by atoms with Crippen LogP contribution in [-0.2, 0) is 19.6 Å². The molecule has 0 radical (unpaired) electrons. The summed E-state index contributed by atoms with van der Waals surface area (Å²) in [5.74, 6) is -2.00. The van der Waals surface area contributed by atoms with Crippen LogP contribution >= 0.6 is 0 Å². The Morgan fingerprint density at radius 3 is 2.50 bits per heavy atom. The highest BCUT2D eigenvalue weighted by atomic mass is 19.2. The number of aromatic nitrogens is 2. The van der Waals surface area contributed by atoms with Gasteiger partial charge in [-0.25, -0.2) is 18.2 Å². The summed E-state index contributed by atoms with van der Waals surface area (Å²) in [5.41, 5.74) is 1.24. The minimum atomic E-state index is -0.869. The lowest BCUT2D eigenvalue weighted by atomic mass is 10.1. The lowest BCUT2D eigenvalue weighted by Crippen LogP contribution is -2.25. The second-order valence-corrected chi connectivity index (χ2v) is 6.20. The van der Waals surface area contributed by atoms with E-state index in [1.54, 1.807) is 36.8 Å². The molecule has 6 heteroatoms. The molecule has 0 fully saturated rings. The summed E-state index contributed by atoms with van der Waals surface area (Å²) < 4.78 is 42.6. The molecule has 0 bridgehead atoms. The maximum atomic E-state index is 14.0. The zero-order valence-corrected chi connectivity index (χ0v) is 14.3. The third kappa shape index (κ3) is 4.95. The molecule has 0 aliphatic rings. The summed E-state index contributed by atoms with van der Waals surface area (Å²) >= 11 is 0. The molecule has 3 aromatic rings. The van der Waals surface area contributed by atoms with Crippen LogP contribution < -0.4 is 0 Å². The second-order valence-electron chi connectivity index (χ2n) is 6.20. The SMILES string of the molecule is Fc1ccc(CN(CCCn2ccnc2)Cc2ccccc2F)cc1F. The highest BCUT2D eigenvalue weighted by Gasteiger charge is 2.12. The normalized spacial score (nSPS) is 11.2. The molecule has 0 amide bonds. The van der Waals surface area contributed by atoms with Gasteiger partial charge in [0.2, 0.25) is 0 Å². The maximum Gasteiger partial charge on any atom is 0.159 e. The van der Waals surface area contributed by atoms with Crippen molar-refractivity contribution < 1.29 is 13.2 Å². The highest BCUT2D eigenvalue weighted by Crippen LogP contribution is 2.15.